The Hall–Kier alpha value is -0.600. The molecule has 0 unspecified atom stereocenters. The average molecular weight is 188 g/mol. The summed E-state index contributed by atoms with van der Waals surface area (Å²) in [5, 5.41) is 0. The zero-order valence-electron chi connectivity index (χ0n) is 8.09. The van der Waals surface area contributed by atoms with Crippen molar-refractivity contribution < 1.29 is 13.9 Å². The summed E-state index contributed by atoms with van der Waals surface area (Å²) in [5.74, 6) is 0.119. The Morgan fingerprint density at radius 3 is 2.46 bits per heavy atom. The number of hydrogen-bond donors (Lipinski definition) is 0. The number of rotatable bonds is 3. The summed E-state index contributed by atoms with van der Waals surface area (Å²) in [6, 6.07) is 0. The molecule has 0 saturated heterocycles. The van der Waals surface area contributed by atoms with Crippen LogP contribution in [0, 0.1) is 11.8 Å². The van der Waals surface area contributed by atoms with Gasteiger partial charge in [-0.05, 0) is 38.5 Å². The Morgan fingerprint density at radius 2 is 2.00 bits per heavy atom. The molecule has 0 spiro atoms. The molecule has 1 fully saturated rings. The van der Waals surface area contributed by atoms with Crippen LogP contribution in [-0.4, -0.2) is 19.3 Å². The van der Waals surface area contributed by atoms with Crippen LogP contribution < -0.4 is 0 Å². The van der Waals surface area contributed by atoms with Gasteiger partial charge in [-0.15, -0.1) is 0 Å². The molecule has 13 heavy (non-hydrogen) atoms. The van der Waals surface area contributed by atoms with E-state index in [9.17, 15) is 9.18 Å². The number of hydrogen-bond acceptors (Lipinski definition) is 2. The molecule has 0 N–H and O–H groups in total. The predicted molar refractivity (Wildman–Crippen MR) is 48.1 cm³/mol. The van der Waals surface area contributed by atoms with Crippen LogP contribution in [0.4, 0.5) is 4.39 Å². The lowest BCUT2D eigenvalue weighted by Crippen LogP contribution is -2.24. The van der Waals surface area contributed by atoms with Gasteiger partial charge in [-0.1, -0.05) is 0 Å². The van der Waals surface area contributed by atoms with Crippen molar-refractivity contribution in [1.82, 2.24) is 0 Å². The number of esters is 1. The first-order valence-corrected chi connectivity index (χ1v) is 5.00. The highest BCUT2D eigenvalue weighted by molar-refractivity contribution is 5.72. The summed E-state index contributed by atoms with van der Waals surface area (Å²) in [4.78, 5) is 11.3. The van der Waals surface area contributed by atoms with E-state index in [1.807, 2.05) is 6.92 Å². The fourth-order valence-electron chi connectivity index (χ4n) is 1.81. The van der Waals surface area contributed by atoms with E-state index in [0.29, 0.717) is 6.61 Å². The second-order valence-corrected chi connectivity index (χ2v) is 3.62. The van der Waals surface area contributed by atoms with Gasteiger partial charge in [-0.2, -0.15) is 0 Å². The number of carbonyl (C=O) groups excluding carboxylic acids is 1. The average Bonchev–Trinajstić information content (AvgIpc) is 2.18. The molecule has 1 rings (SSSR count). The Labute approximate surface area is 78.5 Å². The highest BCUT2D eigenvalue weighted by Gasteiger charge is 2.26. The van der Waals surface area contributed by atoms with Crippen LogP contribution in [0.2, 0.25) is 0 Å². The lowest BCUT2D eigenvalue weighted by atomic mass is 9.83. The molecule has 0 atom stereocenters. The van der Waals surface area contributed by atoms with Crippen LogP contribution in [0.5, 0.6) is 0 Å². The van der Waals surface area contributed by atoms with Crippen molar-refractivity contribution in [2.75, 3.05) is 13.3 Å². The standard InChI is InChI=1S/C10H17FO2/c1-2-13-10(12)9-5-3-8(7-11)4-6-9/h8-9H,2-7H2,1H3/t8-,9-. The molecule has 0 aliphatic heterocycles. The van der Waals surface area contributed by atoms with Crippen molar-refractivity contribution in [3.05, 3.63) is 0 Å². The molecule has 0 aromatic heterocycles. The van der Waals surface area contributed by atoms with Gasteiger partial charge in [0.2, 0.25) is 0 Å². The van der Waals surface area contributed by atoms with Crippen LogP contribution in [0.15, 0.2) is 0 Å². The highest BCUT2D eigenvalue weighted by atomic mass is 19.1. The van der Waals surface area contributed by atoms with Crippen molar-refractivity contribution in [3.63, 3.8) is 0 Å². The number of alkyl halides is 1. The molecule has 0 aromatic rings. The summed E-state index contributed by atoms with van der Waals surface area (Å²) in [5.41, 5.74) is 0. The first-order valence-electron chi connectivity index (χ1n) is 5.00. The van der Waals surface area contributed by atoms with Gasteiger partial charge in [0.1, 0.15) is 0 Å². The smallest absolute Gasteiger partial charge is 0.308 e. The first kappa shape index (κ1) is 10.5. The maximum atomic E-state index is 12.2. The fraction of sp³-hybridized carbons (Fsp3) is 0.900. The van der Waals surface area contributed by atoms with Gasteiger partial charge in [-0.3, -0.25) is 9.18 Å². The van der Waals surface area contributed by atoms with E-state index in [-0.39, 0.29) is 24.5 Å². The Balaban J connectivity index is 2.28. The maximum Gasteiger partial charge on any atom is 0.308 e. The maximum absolute atomic E-state index is 12.2. The van der Waals surface area contributed by atoms with Crippen molar-refractivity contribution >= 4 is 5.97 Å². The SMILES string of the molecule is CCOC(=O)[C@H]1CC[C@H](CF)CC1. The van der Waals surface area contributed by atoms with E-state index in [0.717, 1.165) is 25.7 Å². The van der Waals surface area contributed by atoms with Gasteiger partial charge < -0.3 is 4.74 Å². The van der Waals surface area contributed by atoms with Gasteiger partial charge in [-0.25, -0.2) is 0 Å². The van der Waals surface area contributed by atoms with Crippen LogP contribution >= 0.6 is 0 Å². The molecule has 1 saturated carbocycles. The van der Waals surface area contributed by atoms with Crippen molar-refractivity contribution in [1.29, 1.82) is 0 Å². The minimum absolute atomic E-state index is 0.0303. The fourth-order valence-corrected chi connectivity index (χ4v) is 1.81. The normalized spacial score (nSPS) is 28.5. The second-order valence-electron chi connectivity index (χ2n) is 3.62. The van der Waals surface area contributed by atoms with Gasteiger partial charge >= 0.3 is 5.97 Å². The van der Waals surface area contributed by atoms with Crippen LogP contribution in [0.25, 0.3) is 0 Å². The molecule has 0 radical (unpaired) electrons. The van der Waals surface area contributed by atoms with Crippen LogP contribution in [0.3, 0.4) is 0 Å². The molecule has 0 aromatic carbocycles. The third-order valence-electron chi connectivity index (χ3n) is 2.68. The van der Waals surface area contributed by atoms with Gasteiger partial charge in [0.25, 0.3) is 0 Å². The summed E-state index contributed by atoms with van der Waals surface area (Å²) in [6.07, 6.45) is 3.26. The summed E-state index contributed by atoms with van der Waals surface area (Å²) in [7, 11) is 0. The highest BCUT2D eigenvalue weighted by Crippen LogP contribution is 2.29. The topological polar surface area (TPSA) is 26.3 Å². The molecule has 1 aliphatic rings. The molecule has 0 heterocycles. The van der Waals surface area contributed by atoms with E-state index >= 15 is 0 Å². The molecule has 0 amide bonds. The van der Waals surface area contributed by atoms with Crippen LogP contribution in [0.1, 0.15) is 32.6 Å². The molecule has 76 valence electrons. The zero-order chi connectivity index (χ0) is 9.68. The monoisotopic (exact) mass is 188 g/mol. The van der Waals surface area contributed by atoms with E-state index in [4.69, 9.17) is 4.74 Å². The molecule has 1 aliphatic carbocycles. The summed E-state index contributed by atoms with van der Waals surface area (Å²) < 4.78 is 17.2. The minimum Gasteiger partial charge on any atom is -0.466 e. The Kier molecular flexibility index (Phi) is 4.19. The quantitative estimate of drug-likeness (QED) is 0.635. The molecule has 3 heteroatoms. The van der Waals surface area contributed by atoms with Gasteiger partial charge in [0, 0.05) is 0 Å². The van der Waals surface area contributed by atoms with Gasteiger partial charge in [0.15, 0.2) is 0 Å². The third-order valence-corrected chi connectivity index (χ3v) is 2.68. The van der Waals surface area contributed by atoms with E-state index in [1.165, 1.54) is 0 Å². The summed E-state index contributed by atoms with van der Waals surface area (Å²) in [6.45, 7) is 2.02. The lowest BCUT2D eigenvalue weighted by molar-refractivity contribution is -0.149. The lowest BCUT2D eigenvalue weighted by Gasteiger charge is -2.24. The second kappa shape index (κ2) is 5.20. The predicted octanol–water partition coefficient (Wildman–Crippen LogP) is 2.33. The molecular weight excluding hydrogens is 171 g/mol. The third kappa shape index (κ3) is 2.98. The number of ether oxygens (including phenoxy) is 1. The van der Waals surface area contributed by atoms with Crippen molar-refractivity contribution in [2.45, 2.75) is 32.6 Å². The Bertz CT molecular complexity index is 162. The molecule has 0 bridgehead atoms. The van der Waals surface area contributed by atoms with Crippen molar-refractivity contribution in [3.8, 4) is 0 Å². The number of carbonyl (C=O) groups is 1. The number of halogens is 1. The van der Waals surface area contributed by atoms with E-state index in [1.54, 1.807) is 0 Å². The molecule has 2 nitrogen and oxygen atoms in total. The Morgan fingerprint density at radius 1 is 1.38 bits per heavy atom. The van der Waals surface area contributed by atoms with E-state index in [2.05, 4.69) is 0 Å². The molecular formula is C10H17FO2. The zero-order valence-corrected chi connectivity index (χ0v) is 8.09. The van der Waals surface area contributed by atoms with E-state index < -0.39 is 0 Å². The minimum atomic E-state index is -0.241. The van der Waals surface area contributed by atoms with Crippen molar-refractivity contribution in [2.24, 2.45) is 11.8 Å². The largest absolute Gasteiger partial charge is 0.466 e. The summed E-state index contributed by atoms with van der Waals surface area (Å²) >= 11 is 0. The van der Waals surface area contributed by atoms with Gasteiger partial charge in [0.05, 0.1) is 19.2 Å². The van der Waals surface area contributed by atoms with Crippen LogP contribution in [-0.2, 0) is 9.53 Å². The first-order chi connectivity index (χ1) is 6.27.